The van der Waals surface area contributed by atoms with Gasteiger partial charge in [0.2, 0.25) is 0 Å². The van der Waals surface area contributed by atoms with Gasteiger partial charge in [-0.1, -0.05) is 135 Å². The van der Waals surface area contributed by atoms with Gasteiger partial charge in [0.05, 0.1) is 5.69 Å². The highest BCUT2D eigenvalue weighted by atomic mass is 16.3. The van der Waals surface area contributed by atoms with Gasteiger partial charge in [0.15, 0.2) is 0 Å². The van der Waals surface area contributed by atoms with Crippen molar-refractivity contribution in [3.63, 3.8) is 0 Å². The van der Waals surface area contributed by atoms with Gasteiger partial charge < -0.3 is 13.7 Å². The zero-order valence-corrected chi connectivity index (χ0v) is 30.0. The fourth-order valence-corrected chi connectivity index (χ4v) is 8.90. The molecule has 0 saturated carbocycles. The topological polar surface area (TPSA) is 29.5 Å². The van der Waals surface area contributed by atoms with Gasteiger partial charge in [-0.3, -0.25) is 0 Å². The van der Waals surface area contributed by atoms with E-state index in [1.807, 2.05) is 18.2 Å². The molecule has 2 heterocycles. The van der Waals surface area contributed by atoms with Gasteiger partial charge in [-0.2, -0.15) is 0 Å². The molecule has 54 heavy (non-hydrogen) atoms. The van der Waals surface area contributed by atoms with E-state index in [0.29, 0.717) is 0 Å². The zero-order chi connectivity index (χ0) is 36.0. The zero-order valence-electron chi connectivity index (χ0n) is 30.0. The Morgan fingerprint density at radius 2 is 1.06 bits per heavy atom. The lowest BCUT2D eigenvalue weighted by Crippen LogP contribution is -2.16. The van der Waals surface area contributed by atoms with Crippen LogP contribution in [-0.2, 0) is 5.41 Å². The lowest BCUT2D eigenvalue weighted by molar-refractivity contribution is 0.660. The van der Waals surface area contributed by atoms with Crippen LogP contribution in [0.1, 0.15) is 25.0 Å². The second kappa shape index (κ2) is 11.6. The lowest BCUT2D eigenvalue weighted by Gasteiger charge is -2.30. The Labute approximate surface area is 313 Å². The number of fused-ring (bicyclic) bond motifs is 10. The molecule has 0 aliphatic heterocycles. The number of rotatable bonds is 5. The van der Waals surface area contributed by atoms with Crippen molar-refractivity contribution < 1.29 is 8.83 Å². The Morgan fingerprint density at radius 1 is 0.426 bits per heavy atom. The van der Waals surface area contributed by atoms with Gasteiger partial charge in [-0.05, 0) is 93.5 Å². The Bertz CT molecular complexity index is 3060. The number of furan rings is 2. The molecule has 1 aliphatic rings. The smallest absolute Gasteiger partial charge is 0.145 e. The second-order valence-corrected chi connectivity index (χ2v) is 14.9. The molecule has 0 spiro atoms. The number of para-hydroxylation sites is 2. The van der Waals surface area contributed by atoms with E-state index in [2.05, 4.69) is 176 Å². The van der Waals surface area contributed by atoms with Crippen LogP contribution in [0.2, 0.25) is 0 Å². The van der Waals surface area contributed by atoms with Crippen LogP contribution >= 0.6 is 0 Å². The molecule has 0 amide bonds. The molecule has 0 atom stereocenters. The largest absolute Gasteiger partial charge is 0.456 e. The predicted molar refractivity (Wildman–Crippen MR) is 224 cm³/mol. The molecule has 10 aromatic rings. The minimum Gasteiger partial charge on any atom is -0.456 e. The van der Waals surface area contributed by atoms with Crippen molar-refractivity contribution in [1.82, 2.24) is 0 Å². The van der Waals surface area contributed by atoms with Crippen LogP contribution in [0.15, 0.2) is 185 Å². The summed E-state index contributed by atoms with van der Waals surface area (Å²) < 4.78 is 13.4. The third-order valence-electron chi connectivity index (χ3n) is 11.5. The fraction of sp³-hybridized carbons (Fsp3) is 0.0588. The van der Waals surface area contributed by atoms with Gasteiger partial charge >= 0.3 is 0 Å². The summed E-state index contributed by atoms with van der Waals surface area (Å²) in [4.78, 5) is 2.40. The van der Waals surface area contributed by atoms with E-state index >= 15 is 0 Å². The number of anilines is 3. The summed E-state index contributed by atoms with van der Waals surface area (Å²) in [7, 11) is 0. The summed E-state index contributed by atoms with van der Waals surface area (Å²) in [5.41, 5.74) is 16.3. The van der Waals surface area contributed by atoms with Crippen LogP contribution in [0.4, 0.5) is 17.1 Å². The molecule has 0 unspecified atom stereocenters. The van der Waals surface area contributed by atoms with Crippen LogP contribution < -0.4 is 4.90 Å². The molecule has 3 nitrogen and oxygen atoms in total. The molecule has 0 bridgehead atoms. The highest BCUT2D eigenvalue weighted by molar-refractivity contribution is 6.27. The average molecular weight is 694 g/mol. The summed E-state index contributed by atoms with van der Waals surface area (Å²) in [5.74, 6) is 0. The molecular weight excluding hydrogens is 659 g/mol. The van der Waals surface area contributed by atoms with Gasteiger partial charge in [-0.25, -0.2) is 0 Å². The van der Waals surface area contributed by atoms with Crippen molar-refractivity contribution in [1.29, 1.82) is 0 Å². The SMILES string of the molecule is CC1(C)c2ccccc2-c2ccc(N(c3ccccc3)c3ccc4c(oc5ccc6oc7ccccc7c6c54)c3-c3ccc(-c4ccccc4)cc3)cc21. The molecular formula is C51H35NO2. The van der Waals surface area contributed by atoms with Crippen LogP contribution in [0.5, 0.6) is 0 Å². The molecule has 8 aromatic carbocycles. The quantitative estimate of drug-likeness (QED) is 0.180. The van der Waals surface area contributed by atoms with Crippen molar-refractivity contribution in [3.8, 4) is 33.4 Å². The van der Waals surface area contributed by atoms with Gasteiger partial charge in [0.25, 0.3) is 0 Å². The molecule has 256 valence electrons. The predicted octanol–water partition coefficient (Wildman–Crippen LogP) is 14.6. The normalized spacial score (nSPS) is 13.1. The summed E-state index contributed by atoms with van der Waals surface area (Å²) in [6.45, 7) is 4.68. The maximum atomic E-state index is 7.02. The number of hydrogen-bond donors (Lipinski definition) is 0. The highest BCUT2D eigenvalue weighted by Gasteiger charge is 2.36. The van der Waals surface area contributed by atoms with E-state index < -0.39 is 0 Å². The first kappa shape index (κ1) is 30.8. The Hall–Kier alpha value is -6.84. The summed E-state index contributed by atoms with van der Waals surface area (Å²) in [5, 5.41) is 4.31. The molecule has 0 radical (unpaired) electrons. The van der Waals surface area contributed by atoms with E-state index in [9.17, 15) is 0 Å². The van der Waals surface area contributed by atoms with Crippen LogP contribution in [0.25, 0.3) is 77.3 Å². The molecule has 0 N–H and O–H groups in total. The summed E-state index contributed by atoms with van der Waals surface area (Å²) >= 11 is 0. The van der Waals surface area contributed by atoms with Crippen LogP contribution in [-0.4, -0.2) is 0 Å². The minimum atomic E-state index is -0.137. The molecule has 1 aliphatic carbocycles. The third kappa shape index (κ3) is 4.48. The van der Waals surface area contributed by atoms with Crippen molar-refractivity contribution in [2.45, 2.75) is 19.3 Å². The number of hydrogen-bond acceptors (Lipinski definition) is 3. The molecule has 0 fully saturated rings. The molecule has 11 rings (SSSR count). The second-order valence-electron chi connectivity index (χ2n) is 14.9. The van der Waals surface area contributed by atoms with E-state index in [0.717, 1.165) is 72.1 Å². The highest BCUT2D eigenvalue weighted by Crippen LogP contribution is 2.53. The standard InChI is InChI=1S/C51H35NO2/c1-51(2)41-19-11-9-17-37(41)38-26-25-36(31-42(38)51)52(35-15-7-4-8-16-35)43-28-27-40-49-46(30-29-45-48(49)39-18-10-12-20-44(39)53-45)54-50(40)47(43)34-23-21-33(22-24-34)32-13-5-3-6-14-32/h3-31H,1-2H3. The van der Waals surface area contributed by atoms with E-state index in [1.165, 1.54) is 33.4 Å². The first-order valence-corrected chi connectivity index (χ1v) is 18.6. The third-order valence-corrected chi connectivity index (χ3v) is 11.5. The van der Waals surface area contributed by atoms with E-state index in [4.69, 9.17) is 8.83 Å². The van der Waals surface area contributed by atoms with Gasteiger partial charge in [0.1, 0.15) is 22.3 Å². The maximum Gasteiger partial charge on any atom is 0.145 e. The van der Waals surface area contributed by atoms with Crippen molar-refractivity contribution in [2.24, 2.45) is 0 Å². The van der Waals surface area contributed by atoms with Gasteiger partial charge in [0, 0.05) is 43.9 Å². The Kier molecular flexibility index (Phi) is 6.60. The molecule has 2 aromatic heterocycles. The van der Waals surface area contributed by atoms with E-state index in [1.54, 1.807) is 0 Å². The molecule has 3 heteroatoms. The number of benzene rings is 8. The van der Waals surface area contributed by atoms with Gasteiger partial charge in [-0.15, -0.1) is 0 Å². The Morgan fingerprint density at radius 3 is 1.87 bits per heavy atom. The maximum absolute atomic E-state index is 7.02. The summed E-state index contributed by atoms with van der Waals surface area (Å²) in [6, 6.07) is 62.9. The summed E-state index contributed by atoms with van der Waals surface area (Å²) in [6.07, 6.45) is 0. The minimum absolute atomic E-state index is 0.137. The van der Waals surface area contributed by atoms with Crippen molar-refractivity contribution in [3.05, 3.63) is 187 Å². The number of nitrogens with zero attached hydrogens (tertiary/aromatic N) is 1. The van der Waals surface area contributed by atoms with Crippen molar-refractivity contribution in [2.75, 3.05) is 4.90 Å². The van der Waals surface area contributed by atoms with Crippen molar-refractivity contribution >= 4 is 60.9 Å². The Balaban J connectivity index is 1.20. The first-order chi connectivity index (χ1) is 26.5. The van der Waals surface area contributed by atoms with Crippen LogP contribution in [0.3, 0.4) is 0 Å². The van der Waals surface area contributed by atoms with Crippen LogP contribution in [0, 0.1) is 0 Å². The average Bonchev–Trinajstić information content (AvgIpc) is 3.86. The first-order valence-electron chi connectivity index (χ1n) is 18.6. The van der Waals surface area contributed by atoms with E-state index in [-0.39, 0.29) is 5.41 Å². The monoisotopic (exact) mass is 693 g/mol. The molecule has 0 saturated heterocycles. The fourth-order valence-electron chi connectivity index (χ4n) is 8.90. The lowest BCUT2D eigenvalue weighted by atomic mass is 9.82.